The average molecular weight is 356 g/mol. The van der Waals surface area contributed by atoms with Crippen LogP contribution < -0.4 is 15.6 Å². The molecule has 0 aliphatic carbocycles. The summed E-state index contributed by atoms with van der Waals surface area (Å²) in [5.41, 5.74) is 9.81. The fourth-order valence-corrected chi connectivity index (χ4v) is 2.26. The predicted molar refractivity (Wildman–Crippen MR) is 98.8 cm³/mol. The third kappa shape index (κ3) is 5.51. The molecule has 0 aromatic heterocycles. The molecule has 2 aromatic carbocycles. The molecule has 0 radical (unpaired) electrons. The van der Waals surface area contributed by atoms with E-state index in [1.807, 2.05) is 58.0 Å². The van der Waals surface area contributed by atoms with Crippen molar-refractivity contribution in [2.75, 3.05) is 6.61 Å². The minimum Gasteiger partial charge on any atom is -0.484 e. The number of hydrogen-bond acceptors (Lipinski definition) is 4. The Kier molecular flexibility index (Phi) is 6.60. The molecular weight excluding hydrogens is 332 g/mol. The van der Waals surface area contributed by atoms with Crippen LogP contribution in [0, 0.1) is 27.7 Å². The van der Waals surface area contributed by atoms with Crippen LogP contribution >= 0.6 is 0 Å². The Morgan fingerprint density at radius 1 is 0.923 bits per heavy atom. The minimum absolute atomic E-state index is 0.133. The van der Waals surface area contributed by atoms with Crippen LogP contribution in [0.2, 0.25) is 0 Å². The molecule has 2 rings (SSSR count). The Balaban J connectivity index is 1.72. The van der Waals surface area contributed by atoms with Crippen molar-refractivity contribution in [3.63, 3.8) is 0 Å². The summed E-state index contributed by atoms with van der Waals surface area (Å²) in [5, 5.41) is 0. The first-order valence-electron chi connectivity index (χ1n) is 8.33. The zero-order chi connectivity index (χ0) is 19.1. The highest BCUT2D eigenvalue weighted by atomic mass is 16.6. The highest BCUT2D eigenvalue weighted by molar-refractivity contribution is 5.80. The van der Waals surface area contributed by atoms with Crippen molar-refractivity contribution in [1.82, 2.24) is 10.9 Å². The Bertz CT molecular complexity index is 802. The molecule has 0 atom stereocenters. The van der Waals surface area contributed by atoms with Crippen LogP contribution in [0.25, 0.3) is 0 Å². The van der Waals surface area contributed by atoms with Gasteiger partial charge in [0.15, 0.2) is 6.61 Å². The van der Waals surface area contributed by atoms with Gasteiger partial charge in [0.1, 0.15) is 12.4 Å². The second kappa shape index (κ2) is 8.89. The largest absolute Gasteiger partial charge is 0.484 e. The minimum atomic E-state index is -0.731. The lowest BCUT2D eigenvalue weighted by atomic mass is 10.0. The van der Waals surface area contributed by atoms with E-state index in [1.54, 1.807) is 6.07 Å². The van der Waals surface area contributed by atoms with E-state index >= 15 is 0 Å². The van der Waals surface area contributed by atoms with Gasteiger partial charge in [-0.15, -0.1) is 0 Å². The monoisotopic (exact) mass is 356 g/mol. The normalized spacial score (nSPS) is 10.2. The first-order valence-corrected chi connectivity index (χ1v) is 8.33. The summed E-state index contributed by atoms with van der Waals surface area (Å²) in [6.07, 6.45) is -0.731. The first kappa shape index (κ1) is 19.3. The lowest BCUT2D eigenvalue weighted by Crippen LogP contribution is -2.44. The number of hydrogen-bond donors (Lipinski definition) is 2. The van der Waals surface area contributed by atoms with Crippen LogP contribution in [-0.2, 0) is 16.1 Å². The Morgan fingerprint density at radius 2 is 1.69 bits per heavy atom. The zero-order valence-corrected chi connectivity index (χ0v) is 15.5. The van der Waals surface area contributed by atoms with Crippen molar-refractivity contribution in [3.8, 4) is 5.75 Å². The van der Waals surface area contributed by atoms with Crippen molar-refractivity contribution >= 4 is 12.0 Å². The summed E-state index contributed by atoms with van der Waals surface area (Å²) in [6, 6.07) is 11.4. The van der Waals surface area contributed by atoms with Crippen LogP contribution in [0.3, 0.4) is 0 Å². The maximum absolute atomic E-state index is 11.7. The van der Waals surface area contributed by atoms with Gasteiger partial charge in [-0.05, 0) is 67.6 Å². The number of amides is 2. The fourth-order valence-electron chi connectivity index (χ4n) is 2.26. The summed E-state index contributed by atoms with van der Waals surface area (Å²) < 4.78 is 10.5. The third-order valence-corrected chi connectivity index (χ3v) is 4.23. The smallest absolute Gasteiger partial charge is 0.426 e. The lowest BCUT2D eigenvalue weighted by molar-refractivity contribution is -0.124. The second-order valence-corrected chi connectivity index (χ2v) is 6.14. The Labute approximate surface area is 153 Å². The number of nitrogens with one attached hydrogen (secondary N) is 2. The summed E-state index contributed by atoms with van der Waals surface area (Å²) >= 11 is 0. The van der Waals surface area contributed by atoms with Crippen molar-refractivity contribution in [2.24, 2.45) is 0 Å². The number of aryl methyl sites for hydroxylation is 3. The van der Waals surface area contributed by atoms with Gasteiger partial charge >= 0.3 is 6.09 Å². The highest BCUT2D eigenvalue weighted by Crippen LogP contribution is 2.16. The molecule has 0 unspecified atom stereocenters. The maximum Gasteiger partial charge on any atom is 0.426 e. The fraction of sp³-hybridized carbons (Fsp3) is 0.300. The van der Waals surface area contributed by atoms with Crippen LogP contribution in [-0.4, -0.2) is 18.6 Å². The van der Waals surface area contributed by atoms with E-state index in [0.717, 1.165) is 27.8 Å². The molecule has 2 amide bonds. The first-order chi connectivity index (χ1) is 12.4. The van der Waals surface area contributed by atoms with Gasteiger partial charge in [-0.1, -0.05) is 24.3 Å². The van der Waals surface area contributed by atoms with Gasteiger partial charge in [-0.2, -0.15) is 0 Å². The number of benzene rings is 2. The lowest BCUT2D eigenvalue weighted by Gasteiger charge is -2.11. The SMILES string of the molecule is Cc1ccc(OCC(=O)NNC(=O)OCc2cccc(C)c2C)cc1C. The molecule has 0 aliphatic heterocycles. The molecule has 26 heavy (non-hydrogen) atoms. The van der Waals surface area contributed by atoms with E-state index in [-0.39, 0.29) is 13.2 Å². The molecule has 0 aliphatic rings. The van der Waals surface area contributed by atoms with Gasteiger partial charge < -0.3 is 9.47 Å². The number of hydrazine groups is 1. The molecular formula is C20H24N2O4. The average Bonchev–Trinajstić information content (AvgIpc) is 2.62. The summed E-state index contributed by atoms with van der Waals surface area (Å²) in [5.74, 6) is 0.118. The van der Waals surface area contributed by atoms with Gasteiger partial charge in [0.2, 0.25) is 0 Å². The van der Waals surface area contributed by atoms with Crippen LogP contribution in [0.15, 0.2) is 36.4 Å². The van der Waals surface area contributed by atoms with Gasteiger partial charge in [-0.3, -0.25) is 10.2 Å². The quantitative estimate of drug-likeness (QED) is 0.806. The molecule has 2 N–H and O–H groups in total. The molecule has 0 spiro atoms. The molecule has 0 bridgehead atoms. The number of ether oxygens (including phenoxy) is 2. The van der Waals surface area contributed by atoms with E-state index in [4.69, 9.17) is 9.47 Å². The van der Waals surface area contributed by atoms with E-state index in [1.165, 1.54) is 0 Å². The Morgan fingerprint density at radius 3 is 2.42 bits per heavy atom. The van der Waals surface area contributed by atoms with Gasteiger partial charge in [0.05, 0.1) is 0 Å². The number of rotatable bonds is 5. The van der Waals surface area contributed by atoms with Gasteiger partial charge in [0, 0.05) is 0 Å². The van der Waals surface area contributed by atoms with E-state index in [2.05, 4.69) is 10.9 Å². The van der Waals surface area contributed by atoms with E-state index < -0.39 is 12.0 Å². The molecule has 6 nitrogen and oxygen atoms in total. The standard InChI is InChI=1S/C20H24N2O4/c1-13-8-9-18(10-15(13)3)25-12-19(23)21-22-20(24)26-11-17-7-5-6-14(2)16(17)4/h5-10H,11-12H2,1-4H3,(H,21,23)(H,22,24). The van der Waals surface area contributed by atoms with Gasteiger partial charge in [0.25, 0.3) is 5.91 Å². The molecule has 0 fully saturated rings. The van der Waals surface area contributed by atoms with Crippen LogP contribution in [0.1, 0.15) is 27.8 Å². The predicted octanol–water partition coefficient (Wildman–Crippen LogP) is 3.26. The molecule has 0 saturated heterocycles. The molecule has 138 valence electrons. The van der Waals surface area contributed by atoms with Crippen molar-refractivity contribution in [1.29, 1.82) is 0 Å². The van der Waals surface area contributed by atoms with Gasteiger partial charge in [-0.25, -0.2) is 10.2 Å². The van der Waals surface area contributed by atoms with Crippen molar-refractivity contribution < 1.29 is 19.1 Å². The molecule has 6 heteroatoms. The molecule has 2 aromatic rings. The van der Waals surface area contributed by atoms with Crippen molar-refractivity contribution in [3.05, 3.63) is 64.2 Å². The van der Waals surface area contributed by atoms with E-state index in [9.17, 15) is 9.59 Å². The Hall–Kier alpha value is -3.02. The number of carbonyl (C=O) groups is 2. The summed E-state index contributed by atoms with van der Waals surface area (Å²) in [4.78, 5) is 23.4. The maximum atomic E-state index is 11.7. The third-order valence-electron chi connectivity index (χ3n) is 4.23. The van der Waals surface area contributed by atoms with Crippen LogP contribution in [0.5, 0.6) is 5.75 Å². The van der Waals surface area contributed by atoms with Crippen LogP contribution in [0.4, 0.5) is 4.79 Å². The molecule has 0 heterocycles. The summed E-state index contributed by atoms with van der Waals surface area (Å²) in [7, 11) is 0. The highest BCUT2D eigenvalue weighted by Gasteiger charge is 2.08. The van der Waals surface area contributed by atoms with Crippen molar-refractivity contribution in [2.45, 2.75) is 34.3 Å². The molecule has 0 saturated carbocycles. The summed E-state index contributed by atoms with van der Waals surface area (Å²) in [6.45, 7) is 7.86. The topological polar surface area (TPSA) is 76.7 Å². The second-order valence-electron chi connectivity index (χ2n) is 6.14. The zero-order valence-electron chi connectivity index (χ0n) is 15.5. The number of carbonyl (C=O) groups excluding carboxylic acids is 2. The van der Waals surface area contributed by atoms with E-state index in [0.29, 0.717) is 5.75 Å².